The molecule has 11 heteroatoms. The summed E-state index contributed by atoms with van der Waals surface area (Å²) in [5, 5.41) is 21.8. The second-order valence-electron chi connectivity index (χ2n) is 9.83. The van der Waals surface area contributed by atoms with Gasteiger partial charge in [0.15, 0.2) is 5.82 Å². The van der Waals surface area contributed by atoms with Crippen LogP contribution < -0.4 is 0 Å². The second-order valence-corrected chi connectivity index (χ2v) is 9.83. The predicted octanol–water partition coefficient (Wildman–Crippen LogP) is 1.26. The third kappa shape index (κ3) is 4.34. The molecule has 1 amide bonds. The summed E-state index contributed by atoms with van der Waals surface area (Å²) in [5.74, 6) is 0.905. The normalized spacial score (nSPS) is 24.9. The molecule has 1 unspecified atom stereocenters. The van der Waals surface area contributed by atoms with Crippen molar-refractivity contribution >= 4 is 11.9 Å². The van der Waals surface area contributed by atoms with E-state index >= 15 is 0 Å². The first kappa shape index (κ1) is 23.6. The van der Waals surface area contributed by atoms with Crippen molar-refractivity contribution in [3.05, 3.63) is 42.0 Å². The Balaban J connectivity index is 0.00000253. The fourth-order valence-corrected chi connectivity index (χ4v) is 5.62. The molecule has 2 aromatic heterocycles. The number of cyclic esters (lactones) is 1. The number of rotatable bonds is 6. The highest BCUT2D eigenvalue weighted by molar-refractivity contribution is 5.91. The van der Waals surface area contributed by atoms with Gasteiger partial charge in [-0.05, 0) is 67.6 Å². The van der Waals surface area contributed by atoms with Gasteiger partial charge in [-0.2, -0.15) is 4.68 Å². The van der Waals surface area contributed by atoms with E-state index in [1.807, 2.05) is 11.0 Å². The lowest BCUT2D eigenvalue weighted by molar-refractivity contribution is -0.139. The Kier molecular flexibility index (Phi) is 6.14. The first-order valence-corrected chi connectivity index (χ1v) is 11.8. The molecule has 5 heterocycles. The van der Waals surface area contributed by atoms with Crippen LogP contribution in [0.5, 0.6) is 0 Å². The van der Waals surface area contributed by atoms with Gasteiger partial charge in [-0.25, -0.2) is 9.78 Å². The van der Waals surface area contributed by atoms with Gasteiger partial charge in [-0.15, -0.1) is 5.10 Å². The molecule has 1 saturated carbocycles. The number of hydrogen-bond acceptors (Lipinski definition) is 9. The van der Waals surface area contributed by atoms with Gasteiger partial charge in [-0.1, -0.05) is 13.5 Å². The molecule has 4 aliphatic rings. The van der Waals surface area contributed by atoms with Crippen LogP contribution in [0.25, 0.3) is 5.82 Å². The van der Waals surface area contributed by atoms with Gasteiger partial charge in [-0.3, -0.25) is 4.79 Å². The van der Waals surface area contributed by atoms with Gasteiger partial charge >= 0.3 is 5.97 Å². The predicted molar refractivity (Wildman–Crippen MR) is 124 cm³/mol. The number of amides is 1. The number of aromatic nitrogens is 5. The molecule has 0 bridgehead atoms. The van der Waals surface area contributed by atoms with Gasteiger partial charge < -0.3 is 19.6 Å². The van der Waals surface area contributed by atoms with E-state index in [0.717, 1.165) is 56.5 Å². The lowest BCUT2D eigenvalue weighted by Gasteiger charge is -2.38. The van der Waals surface area contributed by atoms with Crippen molar-refractivity contribution in [1.29, 1.82) is 0 Å². The van der Waals surface area contributed by atoms with E-state index in [0.29, 0.717) is 18.3 Å². The highest BCUT2D eigenvalue weighted by Crippen LogP contribution is 2.52. The van der Waals surface area contributed by atoms with Gasteiger partial charge in [0, 0.05) is 30.4 Å². The summed E-state index contributed by atoms with van der Waals surface area (Å²) in [4.78, 5) is 33.7. The zero-order valence-corrected chi connectivity index (χ0v) is 18.8. The lowest BCUT2D eigenvalue weighted by Crippen LogP contribution is -2.45. The van der Waals surface area contributed by atoms with Crippen molar-refractivity contribution in [2.45, 2.75) is 51.7 Å². The number of piperidine rings is 1. The molecule has 1 N–H and O–H groups in total. The average molecular weight is 482 g/mol. The van der Waals surface area contributed by atoms with E-state index in [1.54, 1.807) is 12.3 Å². The van der Waals surface area contributed by atoms with E-state index < -0.39 is 6.10 Å². The summed E-state index contributed by atoms with van der Waals surface area (Å²) in [6.45, 7) is 2.18. The van der Waals surface area contributed by atoms with Gasteiger partial charge in [0.1, 0.15) is 12.9 Å². The first-order valence-electron chi connectivity index (χ1n) is 11.8. The van der Waals surface area contributed by atoms with Gasteiger partial charge in [0.2, 0.25) is 5.91 Å². The van der Waals surface area contributed by atoms with Crippen molar-refractivity contribution in [2.75, 3.05) is 26.2 Å². The van der Waals surface area contributed by atoms with E-state index in [-0.39, 0.29) is 37.4 Å². The van der Waals surface area contributed by atoms with Crippen LogP contribution in [0.1, 0.15) is 51.2 Å². The second kappa shape index (κ2) is 9.12. The molecule has 35 heavy (non-hydrogen) atoms. The Morgan fingerprint density at radius 2 is 2.00 bits per heavy atom. The monoisotopic (exact) mass is 481 g/mol. The minimum atomic E-state index is -0.675. The van der Waals surface area contributed by atoms with Crippen LogP contribution in [-0.4, -0.2) is 84.3 Å². The minimum Gasteiger partial charge on any atom is -0.456 e. The van der Waals surface area contributed by atoms with Crippen molar-refractivity contribution in [1.82, 2.24) is 35.0 Å². The summed E-state index contributed by atoms with van der Waals surface area (Å²) in [7, 11) is 0. The summed E-state index contributed by atoms with van der Waals surface area (Å²) in [6.07, 6.45) is 8.58. The number of nitrogens with zero attached hydrogens (tertiary/aromatic N) is 7. The van der Waals surface area contributed by atoms with Crippen molar-refractivity contribution in [2.24, 2.45) is 11.3 Å². The Morgan fingerprint density at radius 3 is 2.60 bits per heavy atom. The topological polar surface area (TPSA) is 127 Å². The molecule has 2 aromatic rings. The van der Waals surface area contributed by atoms with Crippen molar-refractivity contribution in [3.63, 3.8) is 0 Å². The Hall–Kier alpha value is -3.18. The molecule has 6 rings (SSSR count). The Morgan fingerprint density at radius 1 is 1.20 bits per heavy atom. The zero-order chi connectivity index (χ0) is 23.3. The number of carbonyl (C=O) groups excluding carboxylic acids is 2. The van der Waals surface area contributed by atoms with E-state index in [4.69, 9.17) is 4.74 Å². The van der Waals surface area contributed by atoms with Crippen LogP contribution in [-0.2, 0) is 14.3 Å². The zero-order valence-electron chi connectivity index (χ0n) is 18.8. The number of aliphatic hydroxyl groups is 1. The quantitative estimate of drug-likeness (QED) is 0.607. The maximum absolute atomic E-state index is 13.6. The summed E-state index contributed by atoms with van der Waals surface area (Å²) < 4.78 is 6.56. The molecule has 186 valence electrons. The number of pyridine rings is 1. The number of aliphatic hydroxyl groups excluding tert-OH is 1. The Bertz CT molecular complexity index is 1110. The third-order valence-electron chi connectivity index (χ3n) is 7.71. The molecule has 2 saturated heterocycles. The maximum Gasteiger partial charge on any atom is 0.333 e. The SMILES string of the molecule is C.O=C1C=C(N2C(=O)C3(CCN(C[C@H](O)c4ccc(-n5cnnn5)nc4)CC3)CC2C2CC2)CO1. The molecule has 3 fully saturated rings. The third-order valence-corrected chi connectivity index (χ3v) is 7.71. The van der Waals surface area contributed by atoms with E-state index in [2.05, 4.69) is 25.4 Å². The largest absolute Gasteiger partial charge is 0.456 e. The highest BCUT2D eigenvalue weighted by atomic mass is 16.5. The number of likely N-dealkylation sites (tertiary alicyclic amines) is 2. The van der Waals surface area contributed by atoms with Crippen LogP contribution in [0.4, 0.5) is 0 Å². The summed E-state index contributed by atoms with van der Waals surface area (Å²) >= 11 is 0. The molecule has 1 aliphatic carbocycles. The fraction of sp³-hybridized carbons (Fsp3) is 0.583. The molecular weight excluding hydrogens is 450 g/mol. The average Bonchev–Trinajstić information content (AvgIpc) is 3.24. The summed E-state index contributed by atoms with van der Waals surface area (Å²) in [5.41, 5.74) is 1.07. The minimum absolute atomic E-state index is 0. The lowest BCUT2D eigenvalue weighted by atomic mass is 9.75. The standard InChI is InChI=1S/C23H27N7O4.CH4/c31-19(16-3-4-20(24-11-16)29-14-25-26-27-29)12-28-7-5-23(6-8-28)10-18(15-1-2-15)30(22(23)33)17-9-21(32)34-13-17;/h3-4,9,11,14-15,18-19,31H,1-2,5-8,10,12-13H2;1H4/t18?,19-;/m0./s1. The molecule has 1 spiro atoms. The van der Waals surface area contributed by atoms with Crippen LogP contribution in [0.3, 0.4) is 0 Å². The van der Waals surface area contributed by atoms with Crippen LogP contribution >= 0.6 is 0 Å². The van der Waals surface area contributed by atoms with Crippen LogP contribution in [0.2, 0.25) is 0 Å². The number of ether oxygens (including phenoxy) is 1. The number of esters is 1. The fourth-order valence-electron chi connectivity index (χ4n) is 5.62. The van der Waals surface area contributed by atoms with Crippen LogP contribution in [0.15, 0.2) is 36.4 Å². The smallest absolute Gasteiger partial charge is 0.333 e. The molecule has 0 radical (unpaired) electrons. The number of carbonyl (C=O) groups is 2. The van der Waals surface area contributed by atoms with Gasteiger partial charge in [0.05, 0.1) is 17.2 Å². The molecule has 0 aromatic carbocycles. The number of β-amino-alcohol motifs (C(OH)–C–C–N with tert-alkyl or cyclic N) is 1. The first-order chi connectivity index (χ1) is 16.5. The molecular formula is C24H31N7O4. The summed E-state index contributed by atoms with van der Waals surface area (Å²) in [6, 6.07) is 3.78. The van der Waals surface area contributed by atoms with Crippen LogP contribution in [0, 0.1) is 11.3 Å². The number of tetrazole rings is 1. The highest BCUT2D eigenvalue weighted by Gasteiger charge is 2.57. The Labute approximate surface area is 203 Å². The molecule has 2 atom stereocenters. The van der Waals surface area contributed by atoms with E-state index in [1.165, 1.54) is 17.1 Å². The van der Waals surface area contributed by atoms with Gasteiger partial charge in [0.25, 0.3) is 0 Å². The van der Waals surface area contributed by atoms with Crippen molar-refractivity contribution in [3.8, 4) is 5.82 Å². The molecule has 3 aliphatic heterocycles. The van der Waals surface area contributed by atoms with E-state index in [9.17, 15) is 14.7 Å². The molecule has 11 nitrogen and oxygen atoms in total. The maximum atomic E-state index is 13.6. The number of hydrogen-bond donors (Lipinski definition) is 1. The van der Waals surface area contributed by atoms with Crippen molar-refractivity contribution < 1.29 is 19.4 Å².